The van der Waals surface area contributed by atoms with Crippen molar-refractivity contribution in [1.29, 1.82) is 0 Å². The Morgan fingerprint density at radius 1 is 1.15 bits per heavy atom. The Morgan fingerprint density at radius 2 is 1.91 bits per heavy atom. The van der Waals surface area contributed by atoms with E-state index in [1.165, 1.54) is 31.2 Å². The molecule has 5 heterocycles. The lowest BCUT2D eigenvalue weighted by Crippen LogP contribution is -2.51. The maximum absolute atomic E-state index is 17.2. The molecule has 0 unspecified atom stereocenters. The van der Waals surface area contributed by atoms with Gasteiger partial charge >= 0.3 is 6.01 Å². The minimum Gasteiger partial charge on any atom is -0.508 e. The second-order valence-corrected chi connectivity index (χ2v) is 13.4. The average Bonchev–Trinajstić information content (AvgIpc) is 3.41. The van der Waals surface area contributed by atoms with Crippen LogP contribution in [-0.2, 0) is 4.74 Å². The van der Waals surface area contributed by atoms with Gasteiger partial charge in [-0.2, -0.15) is 9.97 Å². The fraction of sp³-hybridized carbons (Fsp3) is 0.417. The van der Waals surface area contributed by atoms with Gasteiger partial charge in [0.2, 0.25) is 0 Å². The van der Waals surface area contributed by atoms with E-state index in [1.807, 2.05) is 0 Å². The summed E-state index contributed by atoms with van der Waals surface area (Å²) in [6.45, 7) is 3.64. The number of aromatic nitrogens is 2. The van der Waals surface area contributed by atoms with Gasteiger partial charge in [0.25, 0.3) is 0 Å². The Bertz CT molecular complexity index is 1940. The van der Waals surface area contributed by atoms with Gasteiger partial charge in [-0.05, 0) is 80.7 Å². The molecule has 5 aliphatic rings. The second-order valence-electron chi connectivity index (χ2n) is 13.4. The molecule has 0 spiro atoms. The van der Waals surface area contributed by atoms with Crippen LogP contribution in [0.5, 0.6) is 11.8 Å². The molecule has 5 fully saturated rings. The van der Waals surface area contributed by atoms with Gasteiger partial charge in [-0.25, -0.2) is 8.78 Å². The summed E-state index contributed by atoms with van der Waals surface area (Å²) in [7, 11) is 0. The van der Waals surface area contributed by atoms with Gasteiger partial charge in [-0.15, -0.1) is 6.42 Å². The van der Waals surface area contributed by atoms with Crippen molar-refractivity contribution in [2.45, 2.75) is 63.6 Å². The zero-order chi connectivity index (χ0) is 31.7. The number of hydrogen-bond donors (Lipinski definition) is 2. The van der Waals surface area contributed by atoms with Crippen molar-refractivity contribution in [3.05, 3.63) is 53.1 Å². The lowest BCUT2D eigenvalue weighted by Gasteiger charge is -2.45. The lowest BCUT2D eigenvalue weighted by molar-refractivity contribution is -0.128. The Balaban J connectivity index is 1.34. The van der Waals surface area contributed by atoms with Crippen molar-refractivity contribution in [2.24, 2.45) is 5.41 Å². The smallest absolute Gasteiger partial charge is 0.319 e. The number of carbonyl (C=O) groups excluding carboxylic acids is 1. The minimum atomic E-state index is -0.798. The minimum absolute atomic E-state index is 0.0258. The summed E-state index contributed by atoms with van der Waals surface area (Å²) in [5.41, 5.74) is -0.215. The number of halogens is 2. The van der Waals surface area contributed by atoms with Crippen molar-refractivity contribution < 1.29 is 28.2 Å². The van der Waals surface area contributed by atoms with Crippen LogP contribution in [0.15, 0.2) is 30.3 Å². The van der Waals surface area contributed by atoms with Crippen LogP contribution in [0.4, 0.5) is 14.6 Å². The van der Waals surface area contributed by atoms with E-state index in [9.17, 15) is 14.3 Å². The van der Waals surface area contributed by atoms with Crippen LogP contribution < -0.4 is 15.0 Å². The van der Waals surface area contributed by atoms with E-state index in [2.05, 4.69) is 21.1 Å². The number of ketones is 1. The van der Waals surface area contributed by atoms with Crippen LogP contribution in [0.25, 0.3) is 32.8 Å². The highest BCUT2D eigenvalue weighted by Crippen LogP contribution is 2.45. The molecule has 4 aliphatic heterocycles. The standard InChI is InChI=1S/C36H34F2N4O4/c1-3-25-29(37)7-4-20-12-23(44)13-27(30(20)25)31-26(19(2)43)14-28-33(32(31)38)40-35(46-18-36-10-8-24(9-11-36)45-17-36)41-34(28)42-15-21-5-6-22(16-42)39-21/h1,4,7,12-14,21-22,24,39,44H,5-6,8-11,15-18H2,2H3/t21-,22+,24?,36?. The summed E-state index contributed by atoms with van der Waals surface area (Å²) >= 11 is 0. The Hall–Kier alpha value is -4.33. The SMILES string of the molecule is C#Cc1c(F)ccc2cc(O)cc(-c3c(C(C)=O)cc4c(N5C[C@H]6CC[C@@H](C5)N6)nc(OCC56CCC(CC5)OC6)nc4c3F)c12. The largest absolute Gasteiger partial charge is 0.508 e. The van der Waals surface area contributed by atoms with Crippen LogP contribution >= 0.6 is 0 Å². The third kappa shape index (κ3) is 4.76. The molecule has 9 rings (SSSR count). The third-order valence-corrected chi connectivity index (χ3v) is 10.4. The highest BCUT2D eigenvalue weighted by atomic mass is 19.1. The van der Waals surface area contributed by atoms with Crippen molar-refractivity contribution in [3.8, 4) is 35.2 Å². The van der Waals surface area contributed by atoms with Gasteiger partial charge in [0.15, 0.2) is 11.6 Å². The summed E-state index contributed by atoms with van der Waals surface area (Å²) in [5.74, 6) is 0.822. The van der Waals surface area contributed by atoms with E-state index in [-0.39, 0.29) is 62.4 Å². The van der Waals surface area contributed by atoms with Gasteiger partial charge in [0.1, 0.15) is 22.9 Å². The van der Waals surface area contributed by atoms with Crippen molar-refractivity contribution >= 4 is 33.3 Å². The summed E-state index contributed by atoms with van der Waals surface area (Å²) in [6, 6.07) is 7.61. The summed E-state index contributed by atoms with van der Waals surface area (Å²) in [5, 5.41) is 15.3. The molecule has 4 bridgehead atoms. The van der Waals surface area contributed by atoms with Crippen LogP contribution in [0.1, 0.15) is 61.4 Å². The molecule has 0 radical (unpaired) electrons. The van der Waals surface area contributed by atoms with Crippen LogP contribution in [-0.4, -0.2) is 65.3 Å². The monoisotopic (exact) mass is 624 g/mol. The molecule has 1 aliphatic carbocycles. The molecule has 8 nitrogen and oxygen atoms in total. The number of phenols is 1. The Kier molecular flexibility index (Phi) is 6.89. The number of piperazine rings is 1. The van der Waals surface area contributed by atoms with E-state index in [0.717, 1.165) is 38.5 Å². The van der Waals surface area contributed by atoms with Gasteiger partial charge in [-0.1, -0.05) is 12.0 Å². The molecule has 0 amide bonds. The first-order valence-electron chi connectivity index (χ1n) is 15.9. The molecule has 4 saturated heterocycles. The molecule has 236 valence electrons. The van der Waals surface area contributed by atoms with Crippen molar-refractivity contribution in [1.82, 2.24) is 15.3 Å². The predicted molar refractivity (Wildman–Crippen MR) is 170 cm³/mol. The number of aromatic hydroxyl groups is 1. The lowest BCUT2D eigenvalue weighted by atomic mass is 9.72. The number of ether oxygens (including phenoxy) is 2. The van der Waals surface area contributed by atoms with Gasteiger partial charge < -0.3 is 24.8 Å². The molecule has 10 heteroatoms. The first-order chi connectivity index (χ1) is 22.2. The molecule has 4 aromatic rings. The van der Waals surface area contributed by atoms with E-state index >= 15 is 4.39 Å². The first kappa shape index (κ1) is 29.1. The Morgan fingerprint density at radius 3 is 2.59 bits per heavy atom. The number of benzene rings is 3. The number of carbonyl (C=O) groups is 1. The Labute approximate surface area is 265 Å². The molecule has 2 atom stereocenters. The number of anilines is 1. The number of hydrogen-bond acceptors (Lipinski definition) is 8. The fourth-order valence-electron chi connectivity index (χ4n) is 7.98. The average molecular weight is 625 g/mol. The molecule has 1 saturated carbocycles. The van der Waals surface area contributed by atoms with Gasteiger partial charge in [0, 0.05) is 52.5 Å². The summed E-state index contributed by atoms with van der Waals surface area (Å²) in [4.78, 5) is 24.9. The van der Waals surface area contributed by atoms with Gasteiger partial charge in [0.05, 0.1) is 24.9 Å². The zero-order valence-corrected chi connectivity index (χ0v) is 25.5. The number of nitrogens with one attached hydrogen (secondary N) is 1. The summed E-state index contributed by atoms with van der Waals surface area (Å²) in [6.07, 6.45) is 12.1. The van der Waals surface area contributed by atoms with Crippen LogP contribution in [0.2, 0.25) is 0 Å². The van der Waals surface area contributed by atoms with Gasteiger partial charge in [-0.3, -0.25) is 4.79 Å². The molecule has 3 aromatic carbocycles. The topological polar surface area (TPSA) is 96.8 Å². The number of fused-ring (bicyclic) bond motifs is 7. The number of terminal acetylenes is 1. The van der Waals surface area contributed by atoms with E-state index in [1.54, 1.807) is 6.07 Å². The highest BCUT2D eigenvalue weighted by Gasteiger charge is 2.42. The number of rotatable bonds is 6. The first-order valence-corrected chi connectivity index (χ1v) is 15.9. The maximum atomic E-state index is 17.2. The van der Waals surface area contributed by atoms with E-state index in [4.69, 9.17) is 20.9 Å². The third-order valence-electron chi connectivity index (χ3n) is 10.4. The highest BCUT2D eigenvalue weighted by molar-refractivity contribution is 6.12. The molecule has 2 N–H and O–H groups in total. The maximum Gasteiger partial charge on any atom is 0.319 e. The summed E-state index contributed by atoms with van der Waals surface area (Å²) < 4.78 is 44.5. The quantitative estimate of drug-likeness (QED) is 0.202. The number of Topliss-reactive ketones (excluding diaryl/α,β-unsaturated/α-hetero) is 1. The second kappa shape index (κ2) is 10.9. The van der Waals surface area contributed by atoms with Crippen molar-refractivity contribution in [3.63, 3.8) is 0 Å². The van der Waals surface area contributed by atoms with E-state index < -0.39 is 17.4 Å². The van der Waals surface area contributed by atoms with E-state index in [0.29, 0.717) is 49.0 Å². The van der Waals surface area contributed by atoms with Crippen LogP contribution in [0, 0.1) is 29.4 Å². The zero-order valence-electron chi connectivity index (χ0n) is 25.5. The molecular formula is C36H34F2N4O4. The van der Waals surface area contributed by atoms with Crippen molar-refractivity contribution in [2.75, 3.05) is 31.2 Å². The molecule has 46 heavy (non-hydrogen) atoms. The molecular weight excluding hydrogens is 590 g/mol. The number of nitrogens with zero attached hydrogens (tertiary/aromatic N) is 3. The fourth-order valence-corrected chi connectivity index (χ4v) is 7.98. The predicted octanol–water partition coefficient (Wildman–Crippen LogP) is 5.90. The number of phenolic OH excluding ortho intramolecular Hbond substituents is 1. The normalized spacial score (nSPS) is 25.3. The molecule has 1 aromatic heterocycles. The van der Waals surface area contributed by atoms with Crippen LogP contribution in [0.3, 0.4) is 0 Å².